The summed E-state index contributed by atoms with van der Waals surface area (Å²) in [5.74, 6) is -7.28. The lowest BCUT2D eigenvalue weighted by molar-refractivity contribution is -0.168. The summed E-state index contributed by atoms with van der Waals surface area (Å²) in [6.07, 6.45) is 18.6. The number of carbonyl (C=O) groups is 2. The lowest BCUT2D eigenvalue weighted by Gasteiger charge is -2.26. The van der Waals surface area contributed by atoms with Crippen LogP contribution in [-0.4, -0.2) is 18.5 Å². The van der Waals surface area contributed by atoms with Crippen LogP contribution in [0.2, 0.25) is 0 Å². The summed E-state index contributed by atoms with van der Waals surface area (Å²) in [6.45, 7) is 5.68. The second kappa shape index (κ2) is 19.1. The number of hydrogen-bond donors (Lipinski definition) is 0. The van der Waals surface area contributed by atoms with Gasteiger partial charge in [0.25, 0.3) is 0 Å². The molecule has 1 aromatic rings. The zero-order chi connectivity index (χ0) is 27.5. The van der Waals surface area contributed by atoms with Crippen LogP contribution < -0.4 is 4.74 Å². The number of hydrogen-bond acceptors (Lipinski definition) is 4. The molecule has 7 heteroatoms. The van der Waals surface area contributed by atoms with E-state index in [0.717, 1.165) is 25.3 Å². The molecular weight excluding hydrogens is 481 g/mol. The van der Waals surface area contributed by atoms with E-state index < -0.39 is 40.6 Å². The van der Waals surface area contributed by atoms with Crippen LogP contribution in [0.25, 0.3) is 0 Å². The molecular formula is C30H47F3O4. The van der Waals surface area contributed by atoms with E-state index in [1.165, 1.54) is 70.6 Å². The largest absolute Gasteiger partial charge is 0.465 e. The van der Waals surface area contributed by atoms with Gasteiger partial charge in [-0.25, -0.2) is 8.78 Å². The minimum atomic E-state index is -1.74. The average molecular weight is 529 g/mol. The molecule has 0 saturated carbocycles. The van der Waals surface area contributed by atoms with E-state index in [-0.39, 0.29) is 19.4 Å². The number of benzene rings is 1. The third-order valence-corrected chi connectivity index (χ3v) is 7.17. The standard InChI is InChI=1S/C30H47F3O4/c1-4-7-8-9-10-11-12-13-14-15-16-17-18-19-20-23-36-28(34)30(5-2,6-3)29(35)37-25-22-21-24(31)26(32)27(25)33/h21-22H,4-20,23H2,1-3H3. The maximum atomic E-state index is 13.9. The van der Waals surface area contributed by atoms with Crippen LogP contribution in [0, 0.1) is 22.9 Å². The molecule has 0 aliphatic heterocycles. The normalized spacial score (nSPS) is 11.5. The molecule has 37 heavy (non-hydrogen) atoms. The lowest BCUT2D eigenvalue weighted by atomic mass is 9.82. The molecule has 0 heterocycles. The molecule has 0 aliphatic carbocycles. The van der Waals surface area contributed by atoms with E-state index in [9.17, 15) is 22.8 Å². The van der Waals surface area contributed by atoms with Crippen molar-refractivity contribution >= 4 is 11.9 Å². The fourth-order valence-corrected chi connectivity index (χ4v) is 4.47. The van der Waals surface area contributed by atoms with Crippen LogP contribution in [-0.2, 0) is 14.3 Å². The molecule has 0 amide bonds. The smallest absolute Gasteiger partial charge is 0.328 e. The molecule has 0 aliphatic rings. The minimum absolute atomic E-state index is 0.0747. The summed E-state index contributed by atoms with van der Waals surface area (Å²) < 4.78 is 50.9. The second-order valence-corrected chi connectivity index (χ2v) is 9.94. The molecule has 0 spiro atoms. The molecule has 0 atom stereocenters. The Balaban J connectivity index is 2.24. The van der Waals surface area contributed by atoms with Crippen molar-refractivity contribution in [2.75, 3.05) is 6.61 Å². The first kappa shape index (κ1) is 33.0. The van der Waals surface area contributed by atoms with Gasteiger partial charge in [0.1, 0.15) is 0 Å². The van der Waals surface area contributed by atoms with Crippen molar-refractivity contribution in [1.29, 1.82) is 0 Å². The molecule has 0 unspecified atom stereocenters. The number of halogens is 3. The van der Waals surface area contributed by atoms with Gasteiger partial charge in [-0.15, -0.1) is 0 Å². The first-order valence-electron chi connectivity index (χ1n) is 14.4. The third-order valence-electron chi connectivity index (χ3n) is 7.17. The Morgan fingerprint density at radius 2 is 1.11 bits per heavy atom. The maximum Gasteiger partial charge on any atom is 0.328 e. The van der Waals surface area contributed by atoms with Crippen LogP contribution in [0.4, 0.5) is 13.2 Å². The first-order valence-corrected chi connectivity index (χ1v) is 14.4. The zero-order valence-corrected chi connectivity index (χ0v) is 23.1. The number of unbranched alkanes of at least 4 members (excludes halogenated alkanes) is 14. The predicted molar refractivity (Wildman–Crippen MR) is 141 cm³/mol. The van der Waals surface area contributed by atoms with E-state index in [1.807, 2.05) is 0 Å². The molecule has 0 aromatic heterocycles. The van der Waals surface area contributed by atoms with E-state index >= 15 is 0 Å². The third kappa shape index (κ3) is 11.5. The lowest BCUT2D eigenvalue weighted by Crippen LogP contribution is -2.42. The molecule has 0 N–H and O–H groups in total. The van der Waals surface area contributed by atoms with Crippen molar-refractivity contribution in [3.8, 4) is 5.75 Å². The Kier molecular flexibility index (Phi) is 17.0. The summed E-state index contributed by atoms with van der Waals surface area (Å²) in [5, 5.41) is 0. The molecule has 212 valence electrons. The zero-order valence-electron chi connectivity index (χ0n) is 23.1. The van der Waals surface area contributed by atoms with E-state index in [4.69, 9.17) is 9.47 Å². The van der Waals surface area contributed by atoms with Crippen LogP contribution >= 0.6 is 0 Å². The van der Waals surface area contributed by atoms with Gasteiger partial charge in [0.2, 0.25) is 5.82 Å². The molecule has 0 bridgehead atoms. The Morgan fingerprint density at radius 3 is 1.57 bits per heavy atom. The average Bonchev–Trinajstić information content (AvgIpc) is 2.89. The Morgan fingerprint density at radius 1 is 0.649 bits per heavy atom. The molecule has 4 nitrogen and oxygen atoms in total. The van der Waals surface area contributed by atoms with Gasteiger partial charge in [0.15, 0.2) is 22.8 Å². The summed E-state index contributed by atoms with van der Waals surface area (Å²) in [7, 11) is 0. The monoisotopic (exact) mass is 528 g/mol. The van der Waals surface area contributed by atoms with Crippen molar-refractivity contribution in [3.05, 3.63) is 29.6 Å². The van der Waals surface area contributed by atoms with Crippen LogP contribution in [0.5, 0.6) is 5.75 Å². The molecule has 0 radical (unpaired) electrons. The highest BCUT2D eigenvalue weighted by atomic mass is 19.2. The van der Waals surface area contributed by atoms with Gasteiger partial charge in [0, 0.05) is 0 Å². The highest BCUT2D eigenvalue weighted by molar-refractivity contribution is 6.00. The SMILES string of the molecule is CCCCCCCCCCCCCCCCCOC(=O)C(CC)(CC)C(=O)Oc1ccc(F)c(F)c1F. The summed E-state index contributed by atoms with van der Waals surface area (Å²) in [5.41, 5.74) is -1.63. The number of rotatable bonds is 21. The molecule has 0 fully saturated rings. The fraction of sp³-hybridized carbons (Fsp3) is 0.733. The van der Waals surface area contributed by atoms with Crippen LogP contribution in [0.3, 0.4) is 0 Å². The molecule has 0 saturated heterocycles. The summed E-state index contributed by atoms with van der Waals surface area (Å²) in [6, 6.07) is 1.48. The Hall–Kier alpha value is -2.05. The molecule has 1 rings (SSSR count). The van der Waals surface area contributed by atoms with E-state index in [2.05, 4.69) is 6.92 Å². The van der Waals surface area contributed by atoms with Gasteiger partial charge >= 0.3 is 11.9 Å². The summed E-state index contributed by atoms with van der Waals surface area (Å²) >= 11 is 0. The summed E-state index contributed by atoms with van der Waals surface area (Å²) in [4.78, 5) is 25.5. The maximum absolute atomic E-state index is 13.9. The van der Waals surface area contributed by atoms with Crippen molar-refractivity contribution < 1.29 is 32.2 Å². The number of esters is 2. The van der Waals surface area contributed by atoms with E-state index in [0.29, 0.717) is 12.5 Å². The minimum Gasteiger partial charge on any atom is -0.465 e. The Labute approximate surface area is 221 Å². The van der Waals surface area contributed by atoms with Crippen LogP contribution in [0.15, 0.2) is 12.1 Å². The highest BCUT2D eigenvalue weighted by Crippen LogP contribution is 2.32. The fourth-order valence-electron chi connectivity index (χ4n) is 4.47. The quantitative estimate of drug-likeness (QED) is 0.0525. The second-order valence-electron chi connectivity index (χ2n) is 9.94. The van der Waals surface area contributed by atoms with Crippen molar-refractivity contribution in [1.82, 2.24) is 0 Å². The number of ether oxygens (including phenoxy) is 2. The highest BCUT2D eigenvalue weighted by Gasteiger charge is 2.46. The number of carbonyl (C=O) groups excluding carboxylic acids is 2. The van der Waals surface area contributed by atoms with Crippen molar-refractivity contribution in [3.63, 3.8) is 0 Å². The Bertz CT molecular complexity index is 793. The van der Waals surface area contributed by atoms with Gasteiger partial charge in [-0.05, 0) is 31.4 Å². The van der Waals surface area contributed by atoms with Gasteiger partial charge < -0.3 is 9.47 Å². The van der Waals surface area contributed by atoms with Crippen molar-refractivity contribution in [2.24, 2.45) is 5.41 Å². The van der Waals surface area contributed by atoms with Gasteiger partial charge in [-0.3, -0.25) is 9.59 Å². The topological polar surface area (TPSA) is 52.6 Å². The first-order chi connectivity index (χ1) is 17.8. The van der Waals surface area contributed by atoms with Crippen LogP contribution in [0.1, 0.15) is 130 Å². The van der Waals surface area contributed by atoms with Gasteiger partial charge in [-0.2, -0.15) is 4.39 Å². The van der Waals surface area contributed by atoms with Gasteiger partial charge in [-0.1, -0.05) is 111 Å². The predicted octanol–water partition coefficient (Wildman–Crippen LogP) is 9.23. The molecule has 1 aromatic carbocycles. The van der Waals surface area contributed by atoms with Crippen molar-refractivity contribution in [2.45, 2.75) is 130 Å². The van der Waals surface area contributed by atoms with Gasteiger partial charge in [0.05, 0.1) is 6.61 Å². The van der Waals surface area contributed by atoms with E-state index in [1.54, 1.807) is 13.8 Å².